The fourth-order valence-electron chi connectivity index (χ4n) is 5.95. The molecule has 2 heterocycles. The Balaban J connectivity index is 1.35. The van der Waals surface area contributed by atoms with Crippen molar-refractivity contribution in [3.05, 3.63) is 74.2 Å². The van der Waals surface area contributed by atoms with Gasteiger partial charge in [0.25, 0.3) is 0 Å². The van der Waals surface area contributed by atoms with Crippen LogP contribution in [0, 0.1) is 17.8 Å². The zero-order valence-corrected chi connectivity index (χ0v) is 19.0. The Bertz CT molecular complexity index is 1160. The molecule has 2 fully saturated rings. The van der Waals surface area contributed by atoms with Gasteiger partial charge in [0.1, 0.15) is 6.61 Å². The molecule has 5 unspecified atom stereocenters. The highest BCUT2D eigenvalue weighted by Crippen LogP contribution is 2.63. The molecule has 160 valence electrons. The number of thioether (sulfide) groups is 1. The van der Waals surface area contributed by atoms with Gasteiger partial charge in [0.2, 0.25) is 0 Å². The van der Waals surface area contributed by atoms with E-state index in [0.29, 0.717) is 17.8 Å². The first kappa shape index (κ1) is 19.5. The Morgan fingerprint density at radius 2 is 1.90 bits per heavy atom. The molecule has 0 saturated heterocycles. The number of ether oxygens (including phenoxy) is 2. The molecule has 1 aromatic heterocycles. The number of aromatic nitrogens is 1. The highest BCUT2D eigenvalue weighted by Gasteiger charge is 2.54. The molecule has 2 aromatic carbocycles. The van der Waals surface area contributed by atoms with E-state index in [2.05, 4.69) is 29.2 Å². The Hall–Kier alpha value is -2.18. The summed E-state index contributed by atoms with van der Waals surface area (Å²) in [5.74, 6) is 3.93. The van der Waals surface area contributed by atoms with Crippen LogP contribution in [0.2, 0.25) is 0 Å². The van der Waals surface area contributed by atoms with E-state index in [1.807, 2.05) is 36.0 Å². The minimum atomic E-state index is 0.0598. The second kappa shape index (κ2) is 7.75. The maximum Gasteiger partial charge on any atom is 0.305 e. The molecule has 5 atom stereocenters. The van der Waals surface area contributed by atoms with Gasteiger partial charge in [-0.2, -0.15) is 0 Å². The van der Waals surface area contributed by atoms with Gasteiger partial charge in [-0.1, -0.05) is 47.7 Å². The van der Waals surface area contributed by atoms with E-state index in [-0.39, 0.29) is 10.8 Å². The zero-order chi connectivity index (χ0) is 20.9. The van der Waals surface area contributed by atoms with Crippen LogP contribution in [-0.2, 0) is 6.61 Å². The van der Waals surface area contributed by atoms with Gasteiger partial charge in [-0.3, -0.25) is 4.79 Å². The molecular formula is C25H25NO3S2. The summed E-state index contributed by atoms with van der Waals surface area (Å²) in [6.07, 6.45) is 4.01. The molecule has 4 nitrogen and oxygen atoms in total. The van der Waals surface area contributed by atoms with Gasteiger partial charge in [-0.25, -0.2) is 0 Å². The van der Waals surface area contributed by atoms with Gasteiger partial charge < -0.3 is 14.5 Å². The minimum absolute atomic E-state index is 0.0598. The van der Waals surface area contributed by atoms with Crippen LogP contribution in [0.25, 0.3) is 0 Å². The third-order valence-corrected chi connectivity index (χ3v) is 9.87. The van der Waals surface area contributed by atoms with Crippen molar-refractivity contribution in [1.82, 2.24) is 4.98 Å². The molecule has 0 amide bonds. The third-order valence-electron chi connectivity index (χ3n) is 7.25. The maximum absolute atomic E-state index is 12.2. The number of aromatic amines is 1. The van der Waals surface area contributed by atoms with E-state index in [0.717, 1.165) is 33.9 Å². The summed E-state index contributed by atoms with van der Waals surface area (Å²) < 4.78 is 11.8. The van der Waals surface area contributed by atoms with Crippen molar-refractivity contribution in [3.63, 3.8) is 0 Å². The lowest BCUT2D eigenvalue weighted by molar-refractivity contribution is 0.282. The van der Waals surface area contributed by atoms with E-state index < -0.39 is 0 Å². The number of nitrogens with one attached hydrogen (secondary N) is 1. The van der Waals surface area contributed by atoms with Gasteiger partial charge >= 0.3 is 4.87 Å². The van der Waals surface area contributed by atoms with Crippen LogP contribution in [0.5, 0.6) is 11.5 Å². The van der Waals surface area contributed by atoms with Crippen molar-refractivity contribution in [2.75, 3.05) is 7.11 Å². The number of benzene rings is 2. The largest absolute Gasteiger partial charge is 0.493 e. The first-order chi connectivity index (χ1) is 15.2. The molecule has 2 aliphatic carbocycles. The van der Waals surface area contributed by atoms with E-state index in [9.17, 15) is 4.79 Å². The Morgan fingerprint density at radius 1 is 1.06 bits per heavy atom. The number of fused-ring (bicyclic) bond motifs is 6. The van der Waals surface area contributed by atoms with Crippen molar-refractivity contribution in [2.24, 2.45) is 17.8 Å². The summed E-state index contributed by atoms with van der Waals surface area (Å²) in [4.78, 5) is 16.6. The second-order valence-corrected chi connectivity index (χ2v) is 11.1. The zero-order valence-electron chi connectivity index (χ0n) is 17.4. The predicted octanol–water partition coefficient (Wildman–Crippen LogP) is 5.68. The van der Waals surface area contributed by atoms with Gasteiger partial charge in [0.15, 0.2) is 11.5 Å². The first-order valence-electron chi connectivity index (χ1n) is 11.0. The SMILES string of the molecule is COc1cc(C2c3sc(=O)[nH]c3SC3C4CCC(C4)C23)ccc1OCc1ccccc1. The lowest BCUT2D eigenvalue weighted by Crippen LogP contribution is -2.33. The highest BCUT2D eigenvalue weighted by molar-refractivity contribution is 8.00. The number of H-pyrrole nitrogens is 1. The topological polar surface area (TPSA) is 51.3 Å². The Labute approximate surface area is 190 Å². The number of hydrogen-bond donors (Lipinski definition) is 1. The number of thiazole rings is 1. The molecule has 6 rings (SSSR count). The lowest BCUT2D eigenvalue weighted by atomic mass is 9.75. The molecule has 2 saturated carbocycles. The number of methoxy groups -OCH3 is 1. The van der Waals surface area contributed by atoms with Crippen molar-refractivity contribution < 1.29 is 9.47 Å². The van der Waals surface area contributed by atoms with E-state index in [4.69, 9.17) is 9.47 Å². The fraction of sp³-hybridized carbons (Fsp3) is 0.400. The quantitative estimate of drug-likeness (QED) is 0.543. The summed E-state index contributed by atoms with van der Waals surface area (Å²) in [6, 6.07) is 16.5. The summed E-state index contributed by atoms with van der Waals surface area (Å²) in [5, 5.41) is 1.71. The van der Waals surface area contributed by atoms with Gasteiger partial charge in [0, 0.05) is 16.0 Å². The molecule has 0 spiro atoms. The van der Waals surface area contributed by atoms with E-state index in [1.165, 1.54) is 41.0 Å². The first-order valence-corrected chi connectivity index (χ1v) is 12.6. The van der Waals surface area contributed by atoms with Crippen LogP contribution in [0.15, 0.2) is 58.4 Å². The smallest absolute Gasteiger partial charge is 0.305 e. The van der Waals surface area contributed by atoms with Crippen LogP contribution >= 0.6 is 23.1 Å². The summed E-state index contributed by atoms with van der Waals surface area (Å²) in [6.45, 7) is 0.509. The molecular weight excluding hydrogens is 426 g/mol. The van der Waals surface area contributed by atoms with Crippen LogP contribution in [0.4, 0.5) is 0 Å². The average Bonchev–Trinajstić information content (AvgIpc) is 3.51. The number of hydrogen-bond acceptors (Lipinski definition) is 5. The van der Waals surface area contributed by atoms with Crippen LogP contribution < -0.4 is 14.3 Å². The van der Waals surface area contributed by atoms with Crippen molar-refractivity contribution in [1.29, 1.82) is 0 Å². The molecule has 0 radical (unpaired) electrons. The van der Waals surface area contributed by atoms with Crippen LogP contribution in [-0.4, -0.2) is 17.3 Å². The summed E-state index contributed by atoms with van der Waals surface area (Å²) >= 11 is 3.32. The van der Waals surface area contributed by atoms with E-state index >= 15 is 0 Å². The van der Waals surface area contributed by atoms with Crippen LogP contribution in [0.1, 0.15) is 41.2 Å². The van der Waals surface area contributed by atoms with Gasteiger partial charge in [-0.05, 0) is 60.3 Å². The second-order valence-electron chi connectivity index (χ2n) is 8.86. The fourth-order valence-corrected chi connectivity index (χ4v) is 8.85. The van der Waals surface area contributed by atoms with Gasteiger partial charge in [0.05, 0.1) is 12.1 Å². The minimum Gasteiger partial charge on any atom is -0.493 e. The molecule has 3 aromatic rings. The third kappa shape index (κ3) is 3.31. The number of rotatable bonds is 5. The molecule has 1 N–H and O–H groups in total. The molecule has 1 aliphatic heterocycles. The molecule has 2 bridgehead atoms. The van der Waals surface area contributed by atoms with Gasteiger partial charge in [-0.15, -0.1) is 11.8 Å². The van der Waals surface area contributed by atoms with Crippen molar-refractivity contribution in [2.45, 2.75) is 42.1 Å². The Kier molecular flexibility index (Phi) is 4.87. The molecule has 6 heteroatoms. The predicted molar refractivity (Wildman–Crippen MR) is 125 cm³/mol. The summed E-state index contributed by atoms with van der Waals surface area (Å²) in [7, 11) is 1.70. The lowest BCUT2D eigenvalue weighted by Gasteiger charge is -2.40. The maximum atomic E-state index is 12.2. The van der Waals surface area contributed by atoms with Crippen LogP contribution in [0.3, 0.4) is 0 Å². The van der Waals surface area contributed by atoms with Crippen molar-refractivity contribution in [3.8, 4) is 11.5 Å². The summed E-state index contributed by atoms with van der Waals surface area (Å²) in [5.41, 5.74) is 2.37. The normalized spacial score (nSPS) is 28.2. The highest BCUT2D eigenvalue weighted by atomic mass is 32.2. The van der Waals surface area contributed by atoms with E-state index in [1.54, 1.807) is 7.11 Å². The standard InChI is InChI=1S/C25H25NO3S2/c1-28-19-12-16(9-10-18(19)29-13-14-5-3-2-4-6-14)21-20-15-7-8-17(11-15)22(20)30-24-23(21)31-25(27)26-24/h2-6,9-10,12,15,17,20-22H,7-8,11,13H2,1H3,(H,26,27). The molecule has 3 aliphatic rings. The molecule has 31 heavy (non-hydrogen) atoms. The Morgan fingerprint density at radius 3 is 2.74 bits per heavy atom. The van der Waals surface area contributed by atoms with Crippen molar-refractivity contribution >= 4 is 23.1 Å². The monoisotopic (exact) mass is 451 g/mol. The average molecular weight is 452 g/mol.